The monoisotopic (exact) mass is 317 g/mol. The van der Waals surface area contributed by atoms with Crippen LogP contribution in [0.2, 0.25) is 0 Å². The predicted molar refractivity (Wildman–Crippen MR) is 80.5 cm³/mol. The number of carbonyl (C=O) groups excluding carboxylic acids is 2. The van der Waals surface area contributed by atoms with Crippen molar-refractivity contribution < 1.29 is 29.0 Å². The molecule has 0 heterocycles. The van der Waals surface area contributed by atoms with E-state index in [2.05, 4.69) is 5.32 Å². The third-order valence-electron chi connectivity index (χ3n) is 3.22. The van der Waals surface area contributed by atoms with Crippen LogP contribution in [0.15, 0.2) is 0 Å². The second kappa shape index (κ2) is 8.00. The van der Waals surface area contributed by atoms with Crippen molar-refractivity contribution in [2.24, 2.45) is 0 Å². The zero-order chi connectivity index (χ0) is 17.6. The largest absolute Gasteiger partial charge is 0.480 e. The van der Waals surface area contributed by atoms with E-state index in [1.807, 2.05) is 13.8 Å². The van der Waals surface area contributed by atoms with Gasteiger partial charge in [-0.2, -0.15) is 0 Å². The number of alkyl carbamates (subject to hydrolysis) is 1. The molecule has 0 saturated carbocycles. The molecule has 0 fully saturated rings. The van der Waals surface area contributed by atoms with Crippen molar-refractivity contribution in [2.45, 2.75) is 78.0 Å². The van der Waals surface area contributed by atoms with E-state index in [1.165, 1.54) is 0 Å². The van der Waals surface area contributed by atoms with E-state index >= 15 is 0 Å². The summed E-state index contributed by atoms with van der Waals surface area (Å²) in [4.78, 5) is 34.6. The highest BCUT2D eigenvalue weighted by Gasteiger charge is 2.30. The number of esters is 1. The lowest BCUT2D eigenvalue weighted by atomic mass is 10.00. The molecular weight excluding hydrogens is 290 g/mol. The number of hydrogen-bond acceptors (Lipinski definition) is 5. The van der Waals surface area contributed by atoms with Gasteiger partial charge in [-0.1, -0.05) is 13.8 Å². The molecule has 7 heteroatoms. The summed E-state index contributed by atoms with van der Waals surface area (Å²) in [7, 11) is 0. The topological polar surface area (TPSA) is 102 Å². The summed E-state index contributed by atoms with van der Waals surface area (Å²) in [5, 5.41) is 11.3. The average Bonchev–Trinajstić information content (AvgIpc) is 2.35. The molecule has 22 heavy (non-hydrogen) atoms. The van der Waals surface area contributed by atoms with Gasteiger partial charge in [-0.05, 0) is 40.5 Å². The van der Waals surface area contributed by atoms with Gasteiger partial charge in [0.2, 0.25) is 0 Å². The van der Waals surface area contributed by atoms with Crippen LogP contribution in [0.5, 0.6) is 0 Å². The van der Waals surface area contributed by atoms with E-state index in [9.17, 15) is 14.4 Å². The SMILES string of the molecule is CCC(C)(CC)OC(=O)C[C@H](NC(=O)OC(C)(C)C)C(=O)O. The third-order valence-corrected chi connectivity index (χ3v) is 3.22. The Labute approximate surface area is 131 Å². The van der Waals surface area contributed by atoms with Gasteiger partial charge in [0.05, 0.1) is 6.42 Å². The fraction of sp³-hybridized carbons (Fsp3) is 0.800. The van der Waals surface area contributed by atoms with Gasteiger partial charge in [0.1, 0.15) is 17.2 Å². The molecule has 0 aliphatic heterocycles. The van der Waals surface area contributed by atoms with Crippen LogP contribution in [0.3, 0.4) is 0 Å². The Bertz CT molecular complexity index is 409. The van der Waals surface area contributed by atoms with Gasteiger partial charge in [-0.25, -0.2) is 9.59 Å². The van der Waals surface area contributed by atoms with Crippen molar-refractivity contribution in [1.29, 1.82) is 0 Å². The predicted octanol–water partition coefficient (Wildman–Crippen LogP) is 2.48. The summed E-state index contributed by atoms with van der Waals surface area (Å²) < 4.78 is 10.3. The second-order valence-electron chi connectivity index (χ2n) is 6.37. The first kappa shape index (κ1) is 20.2. The molecule has 1 atom stereocenters. The van der Waals surface area contributed by atoms with Crippen molar-refractivity contribution in [2.75, 3.05) is 0 Å². The Morgan fingerprint density at radius 1 is 1.05 bits per heavy atom. The van der Waals surface area contributed by atoms with Crippen LogP contribution in [0.1, 0.15) is 60.8 Å². The van der Waals surface area contributed by atoms with Gasteiger partial charge in [0.15, 0.2) is 0 Å². The van der Waals surface area contributed by atoms with Crippen LogP contribution in [0.4, 0.5) is 4.79 Å². The summed E-state index contributed by atoms with van der Waals surface area (Å²) in [6.07, 6.45) is -0.107. The molecule has 0 aromatic carbocycles. The Balaban J connectivity index is 4.69. The van der Waals surface area contributed by atoms with Crippen molar-refractivity contribution in [3.05, 3.63) is 0 Å². The van der Waals surface area contributed by atoms with Crippen LogP contribution in [0, 0.1) is 0 Å². The highest BCUT2D eigenvalue weighted by molar-refractivity contribution is 5.85. The summed E-state index contributed by atoms with van der Waals surface area (Å²) >= 11 is 0. The van der Waals surface area contributed by atoms with Crippen molar-refractivity contribution in [1.82, 2.24) is 5.32 Å². The Hall–Kier alpha value is -1.79. The van der Waals surface area contributed by atoms with Crippen molar-refractivity contribution >= 4 is 18.0 Å². The molecule has 0 aliphatic rings. The molecule has 0 saturated heterocycles. The molecule has 0 bridgehead atoms. The van der Waals surface area contributed by atoms with Gasteiger partial charge in [0.25, 0.3) is 0 Å². The van der Waals surface area contributed by atoms with Crippen LogP contribution < -0.4 is 5.32 Å². The molecule has 7 nitrogen and oxygen atoms in total. The molecule has 0 radical (unpaired) electrons. The lowest BCUT2D eigenvalue weighted by Gasteiger charge is -2.27. The summed E-state index contributed by atoms with van der Waals surface area (Å²) in [6.45, 7) is 10.5. The third kappa shape index (κ3) is 7.85. The van der Waals surface area contributed by atoms with Crippen molar-refractivity contribution in [3.8, 4) is 0 Å². The first-order chi connectivity index (χ1) is 9.92. The van der Waals surface area contributed by atoms with E-state index in [0.717, 1.165) is 0 Å². The Morgan fingerprint density at radius 3 is 1.91 bits per heavy atom. The number of carboxylic acid groups (broad SMARTS) is 1. The van der Waals surface area contributed by atoms with Gasteiger partial charge >= 0.3 is 18.0 Å². The summed E-state index contributed by atoms with van der Waals surface area (Å²) in [6, 6.07) is -1.39. The summed E-state index contributed by atoms with van der Waals surface area (Å²) in [5.41, 5.74) is -1.39. The van der Waals surface area contributed by atoms with Crippen LogP contribution in [-0.4, -0.2) is 40.4 Å². The van der Waals surface area contributed by atoms with Crippen molar-refractivity contribution in [3.63, 3.8) is 0 Å². The fourth-order valence-corrected chi connectivity index (χ4v) is 1.53. The molecular formula is C15H27NO6. The Morgan fingerprint density at radius 2 is 1.55 bits per heavy atom. The minimum absolute atomic E-state index is 0.454. The number of ether oxygens (including phenoxy) is 2. The van der Waals surface area contributed by atoms with Gasteiger partial charge in [-0.15, -0.1) is 0 Å². The van der Waals surface area contributed by atoms with Crippen LogP contribution in [-0.2, 0) is 19.1 Å². The molecule has 0 aliphatic carbocycles. The second-order valence-corrected chi connectivity index (χ2v) is 6.37. The molecule has 0 unspecified atom stereocenters. The number of rotatable bonds is 7. The lowest BCUT2D eigenvalue weighted by Crippen LogP contribution is -2.45. The quantitative estimate of drug-likeness (QED) is 0.699. The normalized spacial score (nSPS) is 13.2. The summed E-state index contributed by atoms with van der Waals surface area (Å²) in [5.74, 6) is -1.99. The first-order valence-electron chi connectivity index (χ1n) is 7.36. The number of nitrogens with one attached hydrogen (secondary N) is 1. The van der Waals surface area contributed by atoms with E-state index in [1.54, 1.807) is 27.7 Å². The maximum atomic E-state index is 11.9. The average molecular weight is 317 g/mol. The minimum Gasteiger partial charge on any atom is -0.480 e. The fourth-order valence-electron chi connectivity index (χ4n) is 1.53. The zero-order valence-corrected chi connectivity index (χ0v) is 14.2. The minimum atomic E-state index is -1.39. The molecule has 0 aromatic rings. The number of aliphatic carboxylic acids is 1. The lowest BCUT2D eigenvalue weighted by molar-refractivity contribution is -0.161. The van der Waals surface area contributed by atoms with E-state index in [0.29, 0.717) is 12.8 Å². The molecule has 1 amide bonds. The number of hydrogen-bond donors (Lipinski definition) is 2. The molecule has 128 valence electrons. The molecule has 0 aromatic heterocycles. The molecule has 0 spiro atoms. The first-order valence-corrected chi connectivity index (χ1v) is 7.36. The Kier molecular flexibility index (Phi) is 7.35. The number of carbonyl (C=O) groups is 3. The maximum Gasteiger partial charge on any atom is 0.408 e. The highest BCUT2D eigenvalue weighted by atomic mass is 16.6. The standard InChI is InChI=1S/C15H27NO6/c1-7-15(6,8-2)21-11(17)9-10(12(18)19)16-13(20)22-14(3,4)5/h10H,7-9H2,1-6H3,(H,16,20)(H,18,19)/t10-/m0/s1. The van der Waals surface area contributed by atoms with E-state index in [-0.39, 0.29) is 0 Å². The molecule has 2 N–H and O–H groups in total. The highest BCUT2D eigenvalue weighted by Crippen LogP contribution is 2.20. The smallest absolute Gasteiger partial charge is 0.408 e. The molecule has 0 rings (SSSR count). The number of carboxylic acids is 1. The van der Waals surface area contributed by atoms with E-state index < -0.39 is 41.7 Å². The van der Waals surface area contributed by atoms with Gasteiger partial charge in [0, 0.05) is 0 Å². The van der Waals surface area contributed by atoms with Gasteiger partial charge in [-0.3, -0.25) is 4.79 Å². The van der Waals surface area contributed by atoms with E-state index in [4.69, 9.17) is 14.6 Å². The maximum absolute atomic E-state index is 11.9. The van der Waals surface area contributed by atoms with Gasteiger partial charge < -0.3 is 19.9 Å². The van der Waals surface area contributed by atoms with Crippen LogP contribution >= 0.6 is 0 Å². The zero-order valence-electron chi connectivity index (χ0n) is 14.2. The number of amides is 1. The van der Waals surface area contributed by atoms with Crippen LogP contribution in [0.25, 0.3) is 0 Å².